The predicted octanol–water partition coefficient (Wildman–Crippen LogP) is 1.85. The van der Waals surface area contributed by atoms with Crippen molar-refractivity contribution in [2.75, 3.05) is 18.6 Å². The Kier molecular flexibility index (Phi) is 5.62. The molecule has 6 heteroatoms. The molecule has 17 heavy (non-hydrogen) atoms. The lowest BCUT2D eigenvalue weighted by Gasteiger charge is -2.01. The van der Waals surface area contributed by atoms with Crippen LogP contribution in [-0.4, -0.2) is 35.5 Å². The molecule has 0 saturated carbocycles. The molecule has 0 radical (unpaired) electrons. The summed E-state index contributed by atoms with van der Waals surface area (Å²) < 4.78 is 4.87. The highest BCUT2D eigenvalue weighted by Gasteiger charge is 2.13. The SMILES string of the molecule is CSCCCCNC(=O)c1cc(C(=O)O)co1. The number of carbonyl (C=O) groups is 2. The van der Waals surface area contributed by atoms with Gasteiger partial charge in [-0.3, -0.25) is 4.79 Å². The molecule has 0 atom stereocenters. The van der Waals surface area contributed by atoms with Crippen LogP contribution in [0, 0.1) is 0 Å². The summed E-state index contributed by atoms with van der Waals surface area (Å²) in [5.74, 6) is -0.374. The zero-order valence-corrected chi connectivity index (χ0v) is 10.4. The van der Waals surface area contributed by atoms with Gasteiger partial charge in [0.2, 0.25) is 0 Å². The van der Waals surface area contributed by atoms with Gasteiger partial charge in [0.05, 0.1) is 5.56 Å². The second kappa shape index (κ2) is 7.01. The van der Waals surface area contributed by atoms with Crippen LogP contribution in [0.3, 0.4) is 0 Å². The molecule has 0 aliphatic heterocycles. The predicted molar refractivity (Wildman–Crippen MR) is 65.6 cm³/mol. The molecule has 0 unspecified atom stereocenters. The zero-order valence-electron chi connectivity index (χ0n) is 9.56. The summed E-state index contributed by atoms with van der Waals surface area (Å²) in [6.45, 7) is 0.572. The molecule has 1 rings (SSSR count). The monoisotopic (exact) mass is 257 g/mol. The van der Waals surface area contributed by atoms with Gasteiger partial charge in [-0.1, -0.05) is 0 Å². The maximum absolute atomic E-state index is 11.5. The van der Waals surface area contributed by atoms with Gasteiger partial charge in [0.1, 0.15) is 6.26 Å². The molecule has 0 fully saturated rings. The van der Waals surface area contributed by atoms with E-state index in [-0.39, 0.29) is 17.2 Å². The van der Waals surface area contributed by atoms with Gasteiger partial charge in [-0.25, -0.2) is 4.79 Å². The number of thioether (sulfide) groups is 1. The van der Waals surface area contributed by atoms with Gasteiger partial charge in [-0.2, -0.15) is 11.8 Å². The highest BCUT2D eigenvalue weighted by atomic mass is 32.2. The summed E-state index contributed by atoms with van der Waals surface area (Å²) in [4.78, 5) is 22.1. The minimum absolute atomic E-state index is 0.0162. The summed E-state index contributed by atoms with van der Waals surface area (Å²) in [7, 11) is 0. The molecule has 1 heterocycles. The minimum Gasteiger partial charge on any atom is -0.478 e. The van der Waals surface area contributed by atoms with E-state index < -0.39 is 5.97 Å². The Morgan fingerprint density at radius 3 is 2.82 bits per heavy atom. The van der Waals surface area contributed by atoms with E-state index in [1.165, 1.54) is 6.07 Å². The number of rotatable bonds is 7. The number of nitrogens with one attached hydrogen (secondary N) is 1. The number of aromatic carboxylic acids is 1. The normalized spacial score (nSPS) is 10.2. The van der Waals surface area contributed by atoms with E-state index in [1.54, 1.807) is 11.8 Å². The minimum atomic E-state index is -1.10. The maximum atomic E-state index is 11.5. The molecule has 0 spiro atoms. The van der Waals surface area contributed by atoms with Crippen LogP contribution in [0.5, 0.6) is 0 Å². The quantitative estimate of drug-likeness (QED) is 0.729. The van der Waals surface area contributed by atoms with Crippen molar-refractivity contribution in [1.82, 2.24) is 5.32 Å². The molecule has 5 nitrogen and oxygen atoms in total. The second-order valence-corrected chi connectivity index (χ2v) is 4.45. The molecule has 0 aliphatic carbocycles. The highest BCUT2D eigenvalue weighted by Crippen LogP contribution is 2.07. The van der Waals surface area contributed by atoms with E-state index >= 15 is 0 Å². The van der Waals surface area contributed by atoms with Crippen molar-refractivity contribution in [3.05, 3.63) is 23.7 Å². The molecule has 0 aliphatic rings. The van der Waals surface area contributed by atoms with Crippen LogP contribution >= 0.6 is 11.8 Å². The lowest BCUT2D eigenvalue weighted by molar-refractivity contribution is 0.0696. The van der Waals surface area contributed by atoms with Gasteiger partial charge < -0.3 is 14.8 Å². The van der Waals surface area contributed by atoms with Crippen LogP contribution < -0.4 is 5.32 Å². The highest BCUT2D eigenvalue weighted by molar-refractivity contribution is 7.98. The number of carbonyl (C=O) groups excluding carboxylic acids is 1. The van der Waals surface area contributed by atoms with Crippen molar-refractivity contribution >= 4 is 23.6 Å². The topological polar surface area (TPSA) is 79.5 Å². The average molecular weight is 257 g/mol. The second-order valence-electron chi connectivity index (χ2n) is 3.46. The van der Waals surface area contributed by atoms with E-state index in [0.717, 1.165) is 24.9 Å². The van der Waals surface area contributed by atoms with Crippen LogP contribution in [0.15, 0.2) is 16.7 Å². The molecule has 0 saturated heterocycles. The van der Waals surface area contributed by atoms with Crippen LogP contribution in [-0.2, 0) is 0 Å². The molecule has 2 N–H and O–H groups in total. The Morgan fingerprint density at radius 2 is 2.24 bits per heavy atom. The Bertz CT molecular complexity index is 389. The fourth-order valence-corrected chi connectivity index (χ4v) is 1.72. The van der Waals surface area contributed by atoms with Crippen molar-refractivity contribution in [3.63, 3.8) is 0 Å². The molecule has 94 valence electrons. The zero-order chi connectivity index (χ0) is 12.7. The van der Waals surface area contributed by atoms with Crippen molar-refractivity contribution in [1.29, 1.82) is 0 Å². The van der Waals surface area contributed by atoms with Crippen LogP contribution in [0.25, 0.3) is 0 Å². The third-order valence-corrected chi connectivity index (χ3v) is 2.83. The first-order chi connectivity index (χ1) is 8.15. The summed E-state index contributed by atoms with van der Waals surface area (Å²) >= 11 is 1.77. The number of furan rings is 1. The van der Waals surface area contributed by atoms with Crippen molar-refractivity contribution < 1.29 is 19.1 Å². The van der Waals surface area contributed by atoms with Gasteiger partial charge in [-0.15, -0.1) is 0 Å². The molecular weight excluding hydrogens is 242 g/mol. The molecule has 0 bridgehead atoms. The van der Waals surface area contributed by atoms with Gasteiger partial charge in [0, 0.05) is 12.6 Å². The molecule has 0 aromatic carbocycles. The van der Waals surface area contributed by atoms with Crippen molar-refractivity contribution in [3.8, 4) is 0 Å². The summed E-state index contributed by atoms with van der Waals surface area (Å²) in [6.07, 6.45) is 5.04. The third kappa shape index (κ3) is 4.52. The first-order valence-electron chi connectivity index (χ1n) is 5.24. The van der Waals surface area contributed by atoms with E-state index in [2.05, 4.69) is 5.32 Å². The van der Waals surface area contributed by atoms with Crippen LogP contribution in [0.1, 0.15) is 33.8 Å². The smallest absolute Gasteiger partial charge is 0.338 e. The van der Waals surface area contributed by atoms with Crippen LogP contribution in [0.4, 0.5) is 0 Å². The first-order valence-corrected chi connectivity index (χ1v) is 6.63. The Hall–Kier alpha value is -1.43. The average Bonchev–Trinajstić information content (AvgIpc) is 2.78. The summed E-state index contributed by atoms with van der Waals surface area (Å²) in [6, 6.07) is 1.22. The summed E-state index contributed by atoms with van der Waals surface area (Å²) in [5.41, 5.74) is -0.0162. The lowest BCUT2D eigenvalue weighted by atomic mass is 10.3. The number of hydrogen-bond donors (Lipinski definition) is 2. The number of carboxylic acid groups (broad SMARTS) is 1. The summed E-state index contributed by atoms with van der Waals surface area (Å²) in [5, 5.41) is 11.3. The Balaban J connectivity index is 2.34. The fraction of sp³-hybridized carbons (Fsp3) is 0.455. The maximum Gasteiger partial charge on any atom is 0.338 e. The van der Waals surface area contributed by atoms with Gasteiger partial charge in [0.15, 0.2) is 5.76 Å². The third-order valence-electron chi connectivity index (χ3n) is 2.13. The van der Waals surface area contributed by atoms with E-state index in [9.17, 15) is 9.59 Å². The van der Waals surface area contributed by atoms with Gasteiger partial charge in [-0.05, 0) is 24.9 Å². The lowest BCUT2D eigenvalue weighted by Crippen LogP contribution is -2.24. The molecule has 1 amide bonds. The first kappa shape index (κ1) is 13.6. The largest absolute Gasteiger partial charge is 0.478 e. The van der Waals surface area contributed by atoms with Crippen molar-refractivity contribution in [2.45, 2.75) is 12.8 Å². The van der Waals surface area contributed by atoms with E-state index in [0.29, 0.717) is 6.54 Å². The number of carboxylic acids is 1. The molecular formula is C11H15NO4S. The van der Waals surface area contributed by atoms with Gasteiger partial charge >= 0.3 is 5.97 Å². The fourth-order valence-electron chi connectivity index (χ4n) is 1.23. The number of unbranched alkanes of at least 4 members (excludes halogenated alkanes) is 1. The standard InChI is InChI=1S/C11H15NO4S/c1-17-5-3-2-4-12-10(13)9-6-8(7-16-9)11(14)15/h6-7H,2-5H2,1H3,(H,12,13)(H,14,15). The number of hydrogen-bond acceptors (Lipinski definition) is 4. The van der Waals surface area contributed by atoms with Crippen molar-refractivity contribution in [2.24, 2.45) is 0 Å². The number of amides is 1. The molecule has 1 aromatic rings. The Labute approximate surface area is 104 Å². The van der Waals surface area contributed by atoms with E-state index in [4.69, 9.17) is 9.52 Å². The molecule has 1 aromatic heterocycles. The van der Waals surface area contributed by atoms with Gasteiger partial charge in [0.25, 0.3) is 5.91 Å². The Morgan fingerprint density at radius 1 is 1.47 bits per heavy atom. The van der Waals surface area contributed by atoms with Crippen LogP contribution in [0.2, 0.25) is 0 Å². The van der Waals surface area contributed by atoms with E-state index in [1.807, 2.05) is 6.26 Å².